The summed E-state index contributed by atoms with van der Waals surface area (Å²) < 4.78 is 5.20. The lowest BCUT2D eigenvalue weighted by Crippen LogP contribution is -2.44. The molecule has 1 aromatic rings. The average molecular weight is 445 g/mol. The summed E-state index contributed by atoms with van der Waals surface area (Å²) in [5.41, 5.74) is 2.41. The monoisotopic (exact) mass is 445 g/mol. The largest absolute Gasteiger partial charge is 0.380 e. The summed E-state index contributed by atoms with van der Waals surface area (Å²) in [5.74, 6) is 1.81. The first kappa shape index (κ1) is 21.2. The van der Waals surface area contributed by atoms with Crippen LogP contribution in [-0.2, 0) is 17.9 Å². The van der Waals surface area contributed by atoms with Crippen molar-refractivity contribution >= 4 is 29.9 Å². The van der Waals surface area contributed by atoms with E-state index in [-0.39, 0.29) is 24.0 Å². The second-order valence-electron chi connectivity index (χ2n) is 6.55. The highest BCUT2D eigenvalue weighted by Gasteiger charge is 2.18. The van der Waals surface area contributed by atoms with Crippen molar-refractivity contribution in [3.8, 4) is 0 Å². The Balaban J connectivity index is 0.00000288. The van der Waals surface area contributed by atoms with Gasteiger partial charge in [-0.05, 0) is 49.7 Å². The number of guanidine groups is 1. The summed E-state index contributed by atoms with van der Waals surface area (Å²) in [6, 6.07) is 9.00. The lowest BCUT2D eigenvalue weighted by atomic mass is 9.87. The van der Waals surface area contributed by atoms with Crippen LogP contribution in [0.25, 0.3) is 0 Å². The zero-order chi connectivity index (χ0) is 16.5. The molecule has 1 aliphatic rings. The van der Waals surface area contributed by atoms with Gasteiger partial charge >= 0.3 is 0 Å². The quantitative estimate of drug-likeness (QED) is 0.394. The van der Waals surface area contributed by atoms with E-state index in [0.717, 1.165) is 18.4 Å². The molecule has 0 unspecified atom stereocenters. The van der Waals surface area contributed by atoms with Crippen molar-refractivity contribution in [3.05, 3.63) is 35.4 Å². The molecule has 0 radical (unpaired) electrons. The second kappa shape index (κ2) is 11.7. The Labute approximate surface area is 163 Å². The molecule has 2 N–H and O–H groups in total. The van der Waals surface area contributed by atoms with Gasteiger partial charge in [-0.25, -0.2) is 4.99 Å². The summed E-state index contributed by atoms with van der Waals surface area (Å²) in [4.78, 5) is 4.75. The number of ether oxygens (including phenoxy) is 1. The molecule has 5 heteroatoms. The SMILES string of the molecule is CCNC(=NCc1cccc(COC)c1)NC1CCC(C)CC1.I. The summed E-state index contributed by atoms with van der Waals surface area (Å²) in [6.07, 6.45) is 5.12. The molecule has 1 aliphatic carbocycles. The van der Waals surface area contributed by atoms with Crippen molar-refractivity contribution in [2.45, 2.75) is 58.7 Å². The van der Waals surface area contributed by atoms with Crippen molar-refractivity contribution in [2.75, 3.05) is 13.7 Å². The highest BCUT2D eigenvalue weighted by Crippen LogP contribution is 2.23. The van der Waals surface area contributed by atoms with E-state index < -0.39 is 0 Å². The van der Waals surface area contributed by atoms with E-state index in [4.69, 9.17) is 9.73 Å². The van der Waals surface area contributed by atoms with Crippen LogP contribution in [0.1, 0.15) is 50.7 Å². The number of benzene rings is 1. The summed E-state index contributed by atoms with van der Waals surface area (Å²) in [5, 5.41) is 6.97. The van der Waals surface area contributed by atoms with Crippen LogP contribution in [0.4, 0.5) is 0 Å². The van der Waals surface area contributed by atoms with Gasteiger partial charge in [0.15, 0.2) is 5.96 Å². The fraction of sp³-hybridized carbons (Fsp3) is 0.632. The number of hydrogen-bond donors (Lipinski definition) is 2. The first-order valence-corrected chi connectivity index (χ1v) is 8.82. The maximum atomic E-state index is 5.20. The number of nitrogens with one attached hydrogen (secondary N) is 2. The molecule has 0 heterocycles. The molecule has 1 aromatic carbocycles. The van der Waals surface area contributed by atoms with Crippen LogP contribution in [0.3, 0.4) is 0 Å². The van der Waals surface area contributed by atoms with Gasteiger partial charge in [-0.3, -0.25) is 0 Å². The van der Waals surface area contributed by atoms with Crippen molar-refractivity contribution < 1.29 is 4.74 Å². The van der Waals surface area contributed by atoms with Crippen LogP contribution >= 0.6 is 24.0 Å². The van der Waals surface area contributed by atoms with Crippen molar-refractivity contribution in [1.82, 2.24) is 10.6 Å². The van der Waals surface area contributed by atoms with Gasteiger partial charge in [0.05, 0.1) is 13.2 Å². The van der Waals surface area contributed by atoms with Crippen LogP contribution in [0.5, 0.6) is 0 Å². The molecule has 4 nitrogen and oxygen atoms in total. The molecule has 0 saturated heterocycles. The Morgan fingerprint density at radius 3 is 2.58 bits per heavy atom. The van der Waals surface area contributed by atoms with Crippen LogP contribution < -0.4 is 10.6 Å². The van der Waals surface area contributed by atoms with Gasteiger partial charge in [0.25, 0.3) is 0 Å². The van der Waals surface area contributed by atoms with E-state index in [1.165, 1.54) is 36.8 Å². The van der Waals surface area contributed by atoms with E-state index in [0.29, 0.717) is 19.2 Å². The molecule has 1 fully saturated rings. The van der Waals surface area contributed by atoms with Gasteiger partial charge in [-0.1, -0.05) is 31.2 Å². The van der Waals surface area contributed by atoms with Crippen molar-refractivity contribution in [3.63, 3.8) is 0 Å². The Morgan fingerprint density at radius 1 is 1.21 bits per heavy atom. The molecule has 136 valence electrons. The molecule has 0 bridgehead atoms. The second-order valence-corrected chi connectivity index (χ2v) is 6.55. The standard InChI is InChI=1S/C19H31N3O.HI/c1-4-20-19(22-18-10-8-15(2)9-11-18)21-13-16-6-5-7-17(12-16)14-23-3;/h5-7,12,15,18H,4,8-11,13-14H2,1-3H3,(H2,20,21,22);1H. The summed E-state index contributed by atoms with van der Waals surface area (Å²) in [6.45, 7) is 6.69. The molecule has 0 atom stereocenters. The highest BCUT2D eigenvalue weighted by atomic mass is 127. The Hall–Kier alpha value is -0.820. The normalized spacial score (nSPS) is 21.0. The van der Waals surface area contributed by atoms with E-state index >= 15 is 0 Å². The Kier molecular flexibility index (Phi) is 10.3. The van der Waals surface area contributed by atoms with Crippen LogP contribution in [0.15, 0.2) is 29.3 Å². The minimum absolute atomic E-state index is 0. The van der Waals surface area contributed by atoms with Crippen molar-refractivity contribution in [2.24, 2.45) is 10.9 Å². The molecular weight excluding hydrogens is 413 g/mol. The zero-order valence-corrected chi connectivity index (χ0v) is 17.5. The van der Waals surface area contributed by atoms with E-state index in [2.05, 4.69) is 48.7 Å². The third kappa shape index (κ3) is 7.38. The fourth-order valence-electron chi connectivity index (χ4n) is 3.07. The van der Waals surface area contributed by atoms with Gasteiger partial charge in [-0.2, -0.15) is 0 Å². The predicted molar refractivity (Wildman–Crippen MR) is 112 cm³/mol. The Morgan fingerprint density at radius 2 is 1.92 bits per heavy atom. The van der Waals surface area contributed by atoms with E-state index in [1.54, 1.807) is 7.11 Å². The minimum atomic E-state index is 0. The Bertz CT molecular complexity index is 499. The summed E-state index contributed by atoms with van der Waals surface area (Å²) in [7, 11) is 1.73. The van der Waals surface area contributed by atoms with Gasteiger partial charge < -0.3 is 15.4 Å². The molecule has 24 heavy (non-hydrogen) atoms. The maximum Gasteiger partial charge on any atom is 0.191 e. The molecule has 1 saturated carbocycles. The van der Waals surface area contributed by atoms with Crippen LogP contribution in [-0.4, -0.2) is 25.7 Å². The average Bonchev–Trinajstić information content (AvgIpc) is 2.56. The molecule has 0 amide bonds. The summed E-state index contributed by atoms with van der Waals surface area (Å²) >= 11 is 0. The molecular formula is C19H32IN3O. The highest BCUT2D eigenvalue weighted by molar-refractivity contribution is 14.0. The van der Waals surface area contributed by atoms with Crippen LogP contribution in [0, 0.1) is 5.92 Å². The number of aliphatic imine (C=N–C) groups is 1. The van der Waals surface area contributed by atoms with Gasteiger partial charge in [0, 0.05) is 19.7 Å². The first-order chi connectivity index (χ1) is 11.2. The number of rotatable bonds is 6. The van der Waals surface area contributed by atoms with Gasteiger partial charge in [-0.15, -0.1) is 24.0 Å². The topological polar surface area (TPSA) is 45.7 Å². The molecule has 0 spiro atoms. The number of methoxy groups -OCH3 is 1. The fourth-order valence-corrected chi connectivity index (χ4v) is 3.07. The maximum absolute atomic E-state index is 5.20. The molecule has 0 aromatic heterocycles. The lowest BCUT2D eigenvalue weighted by molar-refractivity contribution is 0.185. The van der Waals surface area contributed by atoms with E-state index in [1.807, 2.05) is 0 Å². The predicted octanol–water partition coefficient (Wildman–Crippen LogP) is 4.08. The van der Waals surface area contributed by atoms with Gasteiger partial charge in [0.2, 0.25) is 0 Å². The smallest absolute Gasteiger partial charge is 0.191 e. The zero-order valence-electron chi connectivity index (χ0n) is 15.2. The third-order valence-corrected chi connectivity index (χ3v) is 4.42. The lowest BCUT2D eigenvalue weighted by Gasteiger charge is -2.28. The van der Waals surface area contributed by atoms with E-state index in [9.17, 15) is 0 Å². The number of nitrogens with zero attached hydrogens (tertiary/aromatic N) is 1. The number of hydrogen-bond acceptors (Lipinski definition) is 2. The number of halogens is 1. The molecule has 0 aliphatic heterocycles. The first-order valence-electron chi connectivity index (χ1n) is 8.82. The van der Waals surface area contributed by atoms with Crippen molar-refractivity contribution in [1.29, 1.82) is 0 Å². The minimum Gasteiger partial charge on any atom is -0.380 e. The molecule has 2 rings (SSSR count). The van der Waals surface area contributed by atoms with Crippen LogP contribution in [0.2, 0.25) is 0 Å². The third-order valence-electron chi connectivity index (χ3n) is 4.42. The van der Waals surface area contributed by atoms with Gasteiger partial charge in [0.1, 0.15) is 0 Å².